The smallest absolute Gasteiger partial charge is 0.322 e. The minimum absolute atomic E-state index is 0.283. The van der Waals surface area contributed by atoms with Gasteiger partial charge in [-0.25, -0.2) is 0 Å². The molecule has 0 bridgehead atoms. The van der Waals surface area contributed by atoms with Gasteiger partial charge in [0.05, 0.1) is 12.7 Å². The van der Waals surface area contributed by atoms with E-state index in [1.54, 1.807) is 13.8 Å². The fourth-order valence-electron chi connectivity index (χ4n) is 1.15. The van der Waals surface area contributed by atoms with E-state index >= 15 is 0 Å². The van der Waals surface area contributed by atoms with Gasteiger partial charge in [0.1, 0.15) is 6.04 Å². The maximum atomic E-state index is 11.2. The zero-order valence-corrected chi connectivity index (χ0v) is 9.99. The Kier molecular flexibility index (Phi) is 7.29. The molecule has 0 aliphatic heterocycles. The van der Waals surface area contributed by atoms with Crippen LogP contribution in [0.3, 0.4) is 0 Å². The van der Waals surface area contributed by atoms with Crippen LogP contribution in [0.25, 0.3) is 0 Å². The lowest BCUT2D eigenvalue weighted by molar-refractivity contribution is -0.145. The van der Waals surface area contributed by atoms with Gasteiger partial charge in [-0.3, -0.25) is 4.79 Å². The Balaban J connectivity index is 3.69. The van der Waals surface area contributed by atoms with E-state index in [0.29, 0.717) is 19.7 Å². The van der Waals surface area contributed by atoms with Crippen LogP contribution in [0.2, 0.25) is 0 Å². The molecule has 0 heterocycles. The average molecular weight is 218 g/mol. The maximum Gasteiger partial charge on any atom is 0.322 e. The second-order valence-electron chi connectivity index (χ2n) is 3.80. The first-order chi connectivity index (χ1) is 6.97. The highest BCUT2D eigenvalue weighted by Gasteiger charge is 2.14. The molecule has 0 rings (SSSR count). The van der Waals surface area contributed by atoms with Crippen molar-refractivity contribution in [2.45, 2.75) is 26.0 Å². The number of likely N-dealkylation sites (N-methyl/N-ethyl adjacent to an activating group) is 1. The number of esters is 1. The summed E-state index contributed by atoms with van der Waals surface area (Å²) < 4.78 is 4.82. The van der Waals surface area contributed by atoms with Crippen molar-refractivity contribution in [3.05, 3.63) is 0 Å². The first kappa shape index (κ1) is 14.3. The lowest BCUT2D eigenvalue weighted by Gasteiger charge is -2.18. The molecule has 0 spiro atoms. The molecular weight excluding hydrogens is 196 g/mol. The summed E-state index contributed by atoms with van der Waals surface area (Å²) in [6.45, 7) is 4.83. The number of carbonyl (C=O) groups excluding carboxylic acids is 1. The monoisotopic (exact) mass is 218 g/mol. The number of hydrogen-bond acceptors (Lipinski definition) is 5. The molecule has 15 heavy (non-hydrogen) atoms. The lowest BCUT2D eigenvalue weighted by atomic mass is 10.3. The molecule has 90 valence electrons. The van der Waals surface area contributed by atoms with Crippen LogP contribution in [0.15, 0.2) is 0 Å². The van der Waals surface area contributed by atoms with Gasteiger partial charge >= 0.3 is 5.97 Å². The van der Waals surface area contributed by atoms with E-state index in [0.717, 1.165) is 0 Å². The van der Waals surface area contributed by atoms with E-state index in [2.05, 4.69) is 5.32 Å². The molecule has 0 aliphatic carbocycles. The van der Waals surface area contributed by atoms with E-state index in [4.69, 9.17) is 4.74 Å². The van der Waals surface area contributed by atoms with Crippen molar-refractivity contribution < 1.29 is 14.6 Å². The van der Waals surface area contributed by atoms with Gasteiger partial charge in [-0.15, -0.1) is 0 Å². The minimum Gasteiger partial charge on any atom is -0.465 e. The van der Waals surface area contributed by atoms with Crippen LogP contribution in [0.5, 0.6) is 0 Å². The molecule has 0 aromatic heterocycles. The molecular formula is C10H22N2O3. The van der Waals surface area contributed by atoms with Crippen molar-refractivity contribution in [2.75, 3.05) is 33.8 Å². The maximum absolute atomic E-state index is 11.2. The zero-order valence-electron chi connectivity index (χ0n) is 9.99. The molecule has 0 radical (unpaired) electrons. The number of carbonyl (C=O) groups is 1. The number of nitrogens with one attached hydrogen (secondary N) is 1. The first-order valence-electron chi connectivity index (χ1n) is 5.20. The van der Waals surface area contributed by atoms with Crippen LogP contribution < -0.4 is 5.32 Å². The number of nitrogens with zero attached hydrogens (tertiary/aromatic N) is 1. The molecule has 2 unspecified atom stereocenters. The largest absolute Gasteiger partial charge is 0.465 e. The third kappa shape index (κ3) is 7.30. The van der Waals surface area contributed by atoms with Gasteiger partial charge in [-0.1, -0.05) is 0 Å². The van der Waals surface area contributed by atoms with Gasteiger partial charge in [0, 0.05) is 13.1 Å². The Morgan fingerprint density at radius 2 is 2.13 bits per heavy atom. The summed E-state index contributed by atoms with van der Waals surface area (Å²) in [5.74, 6) is -0.283. The zero-order chi connectivity index (χ0) is 11.8. The van der Waals surface area contributed by atoms with Crippen molar-refractivity contribution in [1.29, 1.82) is 0 Å². The summed E-state index contributed by atoms with van der Waals surface area (Å²) in [6, 6.07) is -0.373. The number of hydrogen-bond donors (Lipinski definition) is 2. The second-order valence-corrected chi connectivity index (χ2v) is 3.80. The predicted octanol–water partition coefficient (Wildman–Crippen LogP) is -0.550. The van der Waals surface area contributed by atoms with E-state index in [9.17, 15) is 9.90 Å². The quantitative estimate of drug-likeness (QED) is 0.561. The molecule has 0 aliphatic rings. The Labute approximate surface area is 91.4 Å². The van der Waals surface area contributed by atoms with E-state index in [-0.39, 0.29) is 12.0 Å². The lowest BCUT2D eigenvalue weighted by Crippen LogP contribution is -2.42. The molecule has 2 atom stereocenters. The summed E-state index contributed by atoms with van der Waals surface area (Å²) in [4.78, 5) is 13.1. The highest BCUT2D eigenvalue weighted by atomic mass is 16.5. The molecule has 0 aromatic rings. The van der Waals surface area contributed by atoms with Gasteiger partial charge in [0.15, 0.2) is 0 Å². The van der Waals surface area contributed by atoms with Crippen LogP contribution in [-0.4, -0.2) is 61.9 Å². The van der Waals surface area contributed by atoms with Crippen molar-refractivity contribution in [3.63, 3.8) is 0 Å². The number of aliphatic hydroxyl groups excluding tert-OH is 1. The Morgan fingerprint density at radius 1 is 1.53 bits per heavy atom. The Hall–Kier alpha value is -0.650. The highest BCUT2D eigenvalue weighted by molar-refractivity contribution is 5.75. The summed E-state index contributed by atoms with van der Waals surface area (Å²) in [6.07, 6.45) is -0.475. The van der Waals surface area contributed by atoms with Gasteiger partial charge in [0.25, 0.3) is 0 Å². The third-order valence-electron chi connectivity index (χ3n) is 1.88. The molecule has 0 amide bonds. The van der Waals surface area contributed by atoms with E-state index in [1.807, 2.05) is 19.0 Å². The predicted molar refractivity (Wildman–Crippen MR) is 58.7 cm³/mol. The Bertz CT molecular complexity index is 186. The van der Waals surface area contributed by atoms with Gasteiger partial charge in [-0.2, -0.15) is 0 Å². The van der Waals surface area contributed by atoms with Crippen LogP contribution in [0, 0.1) is 0 Å². The molecule has 0 fully saturated rings. The second kappa shape index (κ2) is 7.62. The molecule has 5 heteroatoms. The average Bonchev–Trinajstić information content (AvgIpc) is 2.13. The summed E-state index contributed by atoms with van der Waals surface area (Å²) in [7, 11) is 3.77. The molecule has 0 saturated heterocycles. The SMILES string of the molecule is CCOC(=O)C(C)NCC(O)CN(C)C. The third-order valence-corrected chi connectivity index (χ3v) is 1.88. The van der Waals surface area contributed by atoms with Gasteiger partial charge in [0.2, 0.25) is 0 Å². The van der Waals surface area contributed by atoms with Crippen LogP contribution >= 0.6 is 0 Å². The Morgan fingerprint density at radius 3 is 2.60 bits per heavy atom. The topological polar surface area (TPSA) is 61.8 Å². The van der Waals surface area contributed by atoms with Crippen LogP contribution in [0.4, 0.5) is 0 Å². The summed E-state index contributed by atoms with van der Waals surface area (Å²) in [5, 5.41) is 12.4. The molecule has 0 saturated carbocycles. The number of rotatable bonds is 7. The molecule has 0 aromatic carbocycles. The first-order valence-corrected chi connectivity index (χ1v) is 5.20. The molecule has 2 N–H and O–H groups in total. The van der Waals surface area contributed by atoms with Crippen molar-refractivity contribution in [3.8, 4) is 0 Å². The van der Waals surface area contributed by atoms with Crippen LogP contribution in [-0.2, 0) is 9.53 Å². The fraction of sp³-hybridized carbons (Fsp3) is 0.900. The van der Waals surface area contributed by atoms with Crippen molar-refractivity contribution >= 4 is 5.97 Å². The van der Waals surface area contributed by atoms with Gasteiger partial charge in [-0.05, 0) is 27.9 Å². The molecule has 5 nitrogen and oxygen atoms in total. The fourth-order valence-corrected chi connectivity index (χ4v) is 1.15. The number of aliphatic hydroxyl groups is 1. The van der Waals surface area contributed by atoms with E-state index < -0.39 is 6.10 Å². The highest BCUT2D eigenvalue weighted by Crippen LogP contribution is 1.90. The summed E-state index contributed by atoms with van der Waals surface area (Å²) in [5.41, 5.74) is 0. The minimum atomic E-state index is -0.475. The number of ether oxygens (including phenoxy) is 1. The van der Waals surface area contributed by atoms with Crippen molar-refractivity contribution in [2.24, 2.45) is 0 Å². The van der Waals surface area contributed by atoms with E-state index in [1.165, 1.54) is 0 Å². The van der Waals surface area contributed by atoms with Crippen molar-refractivity contribution in [1.82, 2.24) is 10.2 Å². The standard InChI is InChI=1S/C10H22N2O3/c1-5-15-10(14)8(2)11-6-9(13)7-12(3)4/h8-9,11,13H,5-7H2,1-4H3. The van der Waals surface area contributed by atoms with Crippen LogP contribution in [0.1, 0.15) is 13.8 Å². The normalized spacial score (nSPS) is 15.1. The summed E-state index contributed by atoms with van der Waals surface area (Å²) >= 11 is 0. The van der Waals surface area contributed by atoms with Gasteiger partial charge < -0.3 is 20.1 Å².